The van der Waals surface area contributed by atoms with Gasteiger partial charge in [-0.25, -0.2) is 17.2 Å². The molecule has 0 bridgehead atoms. The van der Waals surface area contributed by atoms with Crippen molar-refractivity contribution in [3.63, 3.8) is 0 Å². The van der Waals surface area contributed by atoms with Crippen LogP contribution in [-0.4, -0.2) is 38.0 Å². The molecule has 0 radical (unpaired) electrons. The number of anilines is 1. The topological polar surface area (TPSA) is 72.6 Å². The molecule has 0 aliphatic carbocycles. The Labute approximate surface area is 116 Å². The summed E-state index contributed by atoms with van der Waals surface area (Å²) in [5.74, 6) is -2.37. The van der Waals surface area contributed by atoms with Crippen molar-refractivity contribution in [2.45, 2.75) is 30.9 Å². The number of hydrogen-bond acceptors (Lipinski definition) is 4. The lowest BCUT2D eigenvalue weighted by Gasteiger charge is -2.35. The lowest BCUT2D eigenvalue weighted by atomic mass is 10.2. The number of morpholine rings is 1. The summed E-state index contributed by atoms with van der Waals surface area (Å²) in [7, 11) is -4.27. The Morgan fingerprint density at radius 3 is 2.40 bits per heavy atom. The molecule has 0 amide bonds. The van der Waals surface area contributed by atoms with Gasteiger partial charge in [0.15, 0.2) is 4.90 Å². The molecule has 0 aromatic heterocycles. The molecule has 8 heteroatoms. The van der Waals surface area contributed by atoms with Crippen LogP contribution >= 0.6 is 0 Å². The predicted molar refractivity (Wildman–Crippen MR) is 69.5 cm³/mol. The highest BCUT2D eigenvalue weighted by Gasteiger charge is 2.37. The Balaban J connectivity index is 2.50. The number of nitrogen functional groups attached to an aromatic ring is 1. The average Bonchev–Trinajstić information content (AvgIpc) is 2.30. The lowest BCUT2D eigenvalue weighted by molar-refractivity contribution is -0.0172. The molecule has 2 rings (SSSR count). The van der Waals surface area contributed by atoms with Gasteiger partial charge in [-0.2, -0.15) is 4.31 Å². The number of sulfonamides is 1. The highest BCUT2D eigenvalue weighted by atomic mass is 32.2. The number of nitrogens with zero attached hydrogens (tertiary/aromatic N) is 1. The zero-order valence-electron chi connectivity index (χ0n) is 11.1. The zero-order valence-corrected chi connectivity index (χ0v) is 12.0. The van der Waals surface area contributed by atoms with Gasteiger partial charge in [-0.15, -0.1) is 0 Å². The first kappa shape index (κ1) is 15.1. The van der Waals surface area contributed by atoms with E-state index in [9.17, 15) is 17.2 Å². The number of benzene rings is 1. The van der Waals surface area contributed by atoms with Crippen LogP contribution in [0.15, 0.2) is 17.0 Å². The van der Waals surface area contributed by atoms with Gasteiger partial charge < -0.3 is 10.5 Å². The van der Waals surface area contributed by atoms with E-state index < -0.39 is 32.6 Å². The molecule has 1 aromatic carbocycles. The average molecular weight is 306 g/mol. The van der Waals surface area contributed by atoms with Crippen LogP contribution in [0.5, 0.6) is 0 Å². The normalized spacial score (nSPS) is 24.8. The second-order valence-corrected chi connectivity index (χ2v) is 6.71. The molecular formula is C12H16F2N2O3S. The van der Waals surface area contributed by atoms with Gasteiger partial charge >= 0.3 is 0 Å². The maximum absolute atomic E-state index is 13.8. The van der Waals surface area contributed by atoms with E-state index in [1.54, 1.807) is 13.8 Å². The van der Waals surface area contributed by atoms with Crippen LogP contribution in [0.25, 0.3) is 0 Å². The molecule has 2 unspecified atom stereocenters. The fourth-order valence-corrected chi connectivity index (χ4v) is 3.94. The summed E-state index contributed by atoms with van der Waals surface area (Å²) in [4.78, 5) is -0.965. The third kappa shape index (κ3) is 2.63. The Morgan fingerprint density at radius 1 is 1.30 bits per heavy atom. The van der Waals surface area contributed by atoms with E-state index in [1.807, 2.05) is 0 Å². The molecular weight excluding hydrogens is 290 g/mol. The van der Waals surface area contributed by atoms with Crippen molar-refractivity contribution in [3.05, 3.63) is 23.8 Å². The third-order valence-corrected chi connectivity index (χ3v) is 5.17. The molecule has 5 nitrogen and oxygen atoms in total. The number of nitrogens with two attached hydrogens (primary N) is 1. The molecule has 20 heavy (non-hydrogen) atoms. The largest absolute Gasteiger partial charge is 0.399 e. The minimum absolute atomic E-state index is 0.0484. The highest BCUT2D eigenvalue weighted by Crippen LogP contribution is 2.28. The van der Waals surface area contributed by atoms with E-state index >= 15 is 0 Å². The van der Waals surface area contributed by atoms with E-state index in [4.69, 9.17) is 10.5 Å². The van der Waals surface area contributed by atoms with Gasteiger partial charge in [-0.1, -0.05) is 0 Å². The molecule has 2 atom stereocenters. The van der Waals surface area contributed by atoms with Crippen LogP contribution in [0.2, 0.25) is 0 Å². The number of hydrogen-bond donors (Lipinski definition) is 1. The van der Waals surface area contributed by atoms with Gasteiger partial charge in [0.2, 0.25) is 10.0 Å². The van der Waals surface area contributed by atoms with Crippen LogP contribution < -0.4 is 5.73 Å². The molecule has 1 saturated heterocycles. The van der Waals surface area contributed by atoms with Gasteiger partial charge in [0.25, 0.3) is 0 Å². The van der Waals surface area contributed by atoms with Gasteiger partial charge in [0.05, 0.1) is 12.7 Å². The summed E-state index contributed by atoms with van der Waals surface area (Å²) in [5, 5.41) is 0. The number of halogens is 2. The standard InChI is InChI=1S/C12H16F2N2O3S/c1-7-6-19-8(2)5-16(7)20(17,18)12-10(13)3-9(15)4-11(12)14/h3-4,7-8H,5-6,15H2,1-2H3. The maximum atomic E-state index is 13.8. The Kier molecular flexibility index (Phi) is 3.99. The van der Waals surface area contributed by atoms with Crippen molar-refractivity contribution in [2.24, 2.45) is 0 Å². The summed E-state index contributed by atoms with van der Waals surface area (Å²) in [6.45, 7) is 3.55. The Bertz CT molecular complexity index is 598. The van der Waals surface area contributed by atoms with Crippen LogP contribution in [-0.2, 0) is 14.8 Å². The van der Waals surface area contributed by atoms with Crippen LogP contribution in [0.3, 0.4) is 0 Å². The molecule has 1 heterocycles. The summed E-state index contributed by atoms with van der Waals surface area (Å²) < 4.78 is 58.9. The Morgan fingerprint density at radius 2 is 1.85 bits per heavy atom. The first-order valence-corrected chi connectivity index (χ1v) is 7.55. The fraction of sp³-hybridized carbons (Fsp3) is 0.500. The number of rotatable bonds is 2. The van der Waals surface area contributed by atoms with Crippen molar-refractivity contribution in [3.8, 4) is 0 Å². The second kappa shape index (κ2) is 5.27. The van der Waals surface area contributed by atoms with Crippen molar-refractivity contribution >= 4 is 15.7 Å². The van der Waals surface area contributed by atoms with E-state index in [-0.39, 0.29) is 24.9 Å². The Hall–Kier alpha value is -1.25. The van der Waals surface area contributed by atoms with Gasteiger partial charge in [-0.05, 0) is 26.0 Å². The first-order chi connectivity index (χ1) is 9.23. The van der Waals surface area contributed by atoms with E-state index in [1.165, 1.54) is 0 Å². The SMILES string of the molecule is CC1CN(S(=O)(=O)c2c(F)cc(N)cc2F)C(C)CO1. The predicted octanol–water partition coefficient (Wildman–Crippen LogP) is 1.34. The quantitative estimate of drug-likeness (QED) is 0.837. The highest BCUT2D eigenvalue weighted by molar-refractivity contribution is 7.89. The molecule has 1 aromatic rings. The van der Waals surface area contributed by atoms with E-state index in [0.29, 0.717) is 0 Å². The lowest BCUT2D eigenvalue weighted by Crippen LogP contribution is -2.50. The fourth-order valence-electron chi connectivity index (χ4n) is 2.15. The molecule has 0 spiro atoms. The summed E-state index contributed by atoms with van der Waals surface area (Å²) in [6.07, 6.45) is -0.333. The van der Waals surface area contributed by atoms with E-state index in [2.05, 4.69) is 0 Å². The monoisotopic (exact) mass is 306 g/mol. The van der Waals surface area contributed by atoms with E-state index in [0.717, 1.165) is 16.4 Å². The van der Waals surface area contributed by atoms with Crippen LogP contribution in [0.4, 0.5) is 14.5 Å². The molecule has 1 fully saturated rings. The van der Waals surface area contributed by atoms with Gasteiger partial charge in [0, 0.05) is 18.3 Å². The van der Waals surface area contributed by atoms with Gasteiger partial charge in [-0.3, -0.25) is 0 Å². The van der Waals surface area contributed by atoms with Crippen molar-refractivity contribution in [2.75, 3.05) is 18.9 Å². The van der Waals surface area contributed by atoms with Crippen molar-refractivity contribution in [1.29, 1.82) is 0 Å². The van der Waals surface area contributed by atoms with Crippen LogP contribution in [0, 0.1) is 11.6 Å². The smallest absolute Gasteiger partial charge is 0.249 e. The maximum Gasteiger partial charge on any atom is 0.249 e. The molecule has 1 aliphatic heterocycles. The summed E-state index contributed by atoms with van der Waals surface area (Å²) in [6, 6.07) is 1.10. The molecule has 2 N–H and O–H groups in total. The summed E-state index contributed by atoms with van der Waals surface area (Å²) >= 11 is 0. The summed E-state index contributed by atoms with van der Waals surface area (Å²) in [5.41, 5.74) is 5.13. The van der Waals surface area contributed by atoms with Crippen molar-refractivity contribution < 1.29 is 21.9 Å². The zero-order chi connectivity index (χ0) is 15.1. The second-order valence-electron chi connectivity index (χ2n) is 4.88. The minimum Gasteiger partial charge on any atom is -0.399 e. The molecule has 112 valence electrons. The number of ether oxygens (including phenoxy) is 1. The van der Waals surface area contributed by atoms with Crippen molar-refractivity contribution in [1.82, 2.24) is 4.31 Å². The molecule has 1 aliphatic rings. The minimum atomic E-state index is -4.27. The first-order valence-electron chi connectivity index (χ1n) is 6.11. The molecule has 0 saturated carbocycles. The van der Waals surface area contributed by atoms with Gasteiger partial charge in [0.1, 0.15) is 11.6 Å². The van der Waals surface area contributed by atoms with Crippen LogP contribution in [0.1, 0.15) is 13.8 Å². The third-order valence-electron chi connectivity index (χ3n) is 3.14.